The Morgan fingerprint density at radius 3 is 2.59 bits per heavy atom. The standard InChI is InChI=1S/C19H14F2N4O2/c1-26-17-8-5-12(11-23-17)25-16-7-6-13(27-19(20)21)10-15(16)24-18(25)14-4-2-3-9-22-14/h2-11,19H,1H3. The fourth-order valence-corrected chi connectivity index (χ4v) is 2.79. The van der Waals surface area contributed by atoms with E-state index in [1.165, 1.54) is 12.1 Å². The van der Waals surface area contributed by atoms with Gasteiger partial charge in [0.1, 0.15) is 11.4 Å². The van der Waals surface area contributed by atoms with Crippen molar-refractivity contribution in [2.24, 2.45) is 0 Å². The SMILES string of the molecule is COc1ccc(-n2c(-c3ccccn3)nc3cc(OC(F)F)ccc32)cn1. The van der Waals surface area contributed by atoms with Crippen LogP contribution in [0.25, 0.3) is 28.2 Å². The highest BCUT2D eigenvalue weighted by Gasteiger charge is 2.17. The number of hydrogen-bond acceptors (Lipinski definition) is 5. The molecule has 27 heavy (non-hydrogen) atoms. The normalized spacial score (nSPS) is 11.1. The molecule has 0 radical (unpaired) electrons. The van der Waals surface area contributed by atoms with Gasteiger partial charge in [0.05, 0.1) is 30.0 Å². The van der Waals surface area contributed by atoms with Crippen LogP contribution in [0.1, 0.15) is 0 Å². The third kappa shape index (κ3) is 3.29. The lowest BCUT2D eigenvalue weighted by Crippen LogP contribution is -2.02. The third-order valence-corrected chi connectivity index (χ3v) is 3.93. The van der Waals surface area contributed by atoms with Gasteiger partial charge in [-0.15, -0.1) is 0 Å². The van der Waals surface area contributed by atoms with E-state index in [1.54, 1.807) is 37.7 Å². The zero-order valence-electron chi connectivity index (χ0n) is 14.2. The molecule has 0 aliphatic heterocycles. The van der Waals surface area contributed by atoms with Crippen LogP contribution in [0.5, 0.6) is 11.6 Å². The number of alkyl halides is 2. The number of aromatic nitrogens is 4. The molecule has 0 saturated carbocycles. The molecule has 8 heteroatoms. The minimum absolute atomic E-state index is 0.0441. The van der Waals surface area contributed by atoms with Gasteiger partial charge < -0.3 is 9.47 Å². The van der Waals surface area contributed by atoms with Gasteiger partial charge in [0.15, 0.2) is 5.82 Å². The van der Waals surface area contributed by atoms with Crippen LogP contribution in [0.2, 0.25) is 0 Å². The highest BCUT2D eigenvalue weighted by molar-refractivity contribution is 5.83. The van der Waals surface area contributed by atoms with Gasteiger partial charge in [-0.3, -0.25) is 9.55 Å². The Kier molecular flexibility index (Phi) is 4.37. The second-order valence-corrected chi connectivity index (χ2v) is 5.57. The Morgan fingerprint density at radius 1 is 1.04 bits per heavy atom. The van der Waals surface area contributed by atoms with E-state index < -0.39 is 6.61 Å². The number of imidazole rings is 1. The summed E-state index contributed by atoms with van der Waals surface area (Å²) in [6, 6.07) is 13.7. The van der Waals surface area contributed by atoms with Crippen LogP contribution in [-0.4, -0.2) is 33.2 Å². The van der Waals surface area contributed by atoms with E-state index in [1.807, 2.05) is 22.8 Å². The van der Waals surface area contributed by atoms with Crippen LogP contribution in [-0.2, 0) is 0 Å². The van der Waals surface area contributed by atoms with Gasteiger partial charge in [0.25, 0.3) is 0 Å². The van der Waals surface area contributed by atoms with Crippen molar-refractivity contribution in [3.8, 4) is 28.8 Å². The summed E-state index contributed by atoms with van der Waals surface area (Å²) in [5.74, 6) is 1.09. The van der Waals surface area contributed by atoms with Crippen molar-refractivity contribution in [2.45, 2.75) is 6.61 Å². The van der Waals surface area contributed by atoms with Crippen LogP contribution in [0.3, 0.4) is 0 Å². The highest BCUT2D eigenvalue weighted by atomic mass is 19.3. The first-order chi connectivity index (χ1) is 13.2. The van der Waals surface area contributed by atoms with Crippen molar-refractivity contribution >= 4 is 11.0 Å². The Bertz CT molecular complexity index is 1070. The third-order valence-electron chi connectivity index (χ3n) is 3.93. The maximum absolute atomic E-state index is 12.5. The summed E-state index contributed by atoms with van der Waals surface area (Å²) >= 11 is 0. The van der Waals surface area contributed by atoms with Crippen LogP contribution in [0.15, 0.2) is 60.9 Å². The smallest absolute Gasteiger partial charge is 0.387 e. The number of benzene rings is 1. The number of fused-ring (bicyclic) bond motifs is 1. The molecule has 6 nitrogen and oxygen atoms in total. The molecular weight excluding hydrogens is 354 g/mol. The van der Waals surface area contributed by atoms with Crippen molar-refractivity contribution in [3.05, 3.63) is 60.9 Å². The molecule has 0 fully saturated rings. The number of rotatable bonds is 5. The van der Waals surface area contributed by atoms with Gasteiger partial charge in [-0.1, -0.05) is 6.07 Å². The van der Waals surface area contributed by atoms with Crippen LogP contribution >= 0.6 is 0 Å². The summed E-state index contributed by atoms with van der Waals surface area (Å²) in [5, 5.41) is 0. The number of pyridine rings is 2. The lowest BCUT2D eigenvalue weighted by atomic mass is 10.3. The molecule has 3 heterocycles. The fraction of sp³-hybridized carbons (Fsp3) is 0.105. The van der Waals surface area contributed by atoms with E-state index in [2.05, 4.69) is 19.7 Å². The average Bonchev–Trinajstić information content (AvgIpc) is 3.07. The van der Waals surface area contributed by atoms with E-state index >= 15 is 0 Å². The zero-order chi connectivity index (χ0) is 18.8. The second-order valence-electron chi connectivity index (χ2n) is 5.57. The van der Waals surface area contributed by atoms with E-state index in [4.69, 9.17) is 4.74 Å². The molecule has 0 aliphatic carbocycles. The summed E-state index contributed by atoms with van der Waals surface area (Å²) in [6.07, 6.45) is 3.31. The van der Waals surface area contributed by atoms with Crippen molar-refractivity contribution in [1.82, 2.24) is 19.5 Å². The number of nitrogens with zero attached hydrogens (tertiary/aromatic N) is 4. The monoisotopic (exact) mass is 368 g/mol. The molecule has 0 N–H and O–H groups in total. The summed E-state index contributed by atoms with van der Waals surface area (Å²) in [6.45, 7) is -2.90. The molecule has 0 aliphatic rings. The van der Waals surface area contributed by atoms with Gasteiger partial charge in [0.2, 0.25) is 5.88 Å². The number of halogens is 2. The van der Waals surface area contributed by atoms with Crippen molar-refractivity contribution in [1.29, 1.82) is 0 Å². The molecule has 4 rings (SSSR count). The minimum Gasteiger partial charge on any atom is -0.481 e. The minimum atomic E-state index is -2.90. The number of ether oxygens (including phenoxy) is 2. The van der Waals surface area contributed by atoms with Crippen LogP contribution in [0, 0.1) is 0 Å². The van der Waals surface area contributed by atoms with E-state index in [9.17, 15) is 8.78 Å². The highest BCUT2D eigenvalue weighted by Crippen LogP contribution is 2.30. The quantitative estimate of drug-likeness (QED) is 0.531. The molecule has 3 aromatic heterocycles. The molecule has 0 atom stereocenters. The lowest BCUT2D eigenvalue weighted by Gasteiger charge is -2.09. The molecule has 136 valence electrons. The van der Waals surface area contributed by atoms with Gasteiger partial charge >= 0.3 is 6.61 Å². The second kappa shape index (κ2) is 6.99. The maximum atomic E-state index is 12.5. The molecule has 1 aromatic carbocycles. The first kappa shape index (κ1) is 16.9. The van der Waals surface area contributed by atoms with Crippen molar-refractivity contribution in [2.75, 3.05) is 7.11 Å². The summed E-state index contributed by atoms with van der Waals surface area (Å²) in [4.78, 5) is 13.2. The predicted molar refractivity (Wildman–Crippen MR) is 95.3 cm³/mol. The topological polar surface area (TPSA) is 62.1 Å². The summed E-state index contributed by atoms with van der Waals surface area (Å²) in [5.41, 5.74) is 2.59. The zero-order valence-corrected chi connectivity index (χ0v) is 14.2. The van der Waals surface area contributed by atoms with Gasteiger partial charge in [-0.05, 0) is 30.3 Å². The van der Waals surface area contributed by atoms with Gasteiger partial charge in [0, 0.05) is 18.3 Å². The Balaban J connectivity index is 1.92. The van der Waals surface area contributed by atoms with Crippen molar-refractivity contribution < 1.29 is 18.3 Å². The molecule has 4 aromatic rings. The summed E-state index contributed by atoms with van der Waals surface area (Å²) in [7, 11) is 1.54. The first-order valence-corrected chi connectivity index (χ1v) is 8.05. The Morgan fingerprint density at radius 2 is 1.93 bits per heavy atom. The largest absolute Gasteiger partial charge is 0.481 e. The Labute approximate surface area is 153 Å². The average molecular weight is 368 g/mol. The first-order valence-electron chi connectivity index (χ1n) is 8.05. The molecule has 0 unspecified atom stereocenters. The maximum Gasteiger partial charge on any atom is 0.387 e. The lowest BCUT2D eigenvalue weighted by molar-refractivity contribution is -0.0497. The van der Waals surface area contributed by atoms with Gasteiger partial charge in [-0.2, -0.15) is 8.78 Å². The van der Waals surface area contributed by atoms with Crippen molar-refractivity contribution in [3.63, 3.8) is 0 Å². The van der Waals surface area contributed by atoms with E-state index in [0.717, 1.165) is 5.69 Å². The molecule has 0 bridgehead atoms. The molecule has 0 amide bonds. The molecule has 0 spiro atoms. The van der Waals surface area contributed by atoms with E-state index in [0.29, 0.717) is 28.4 Å². The fourth-order valence-electron chi connectivity index (χ4n) is 2.79. The van der Waals surface area contributed by atoms with E-state index in [-0.39, 0.29) is 5.75 Å². The Hall–Kier alpha value is -3.55. The van der Waals surface area contributed by atoms with Crippen LogP contribution < -0.4 is 9.47 Å². The molecule has 0 saturated heterocycles. The summed E-state index contributed by atoms with van der Waals surface area (Å²) < 4.78 is 36.5. The van der Waals surface area contributed by atoms with Crippen LogP contribution in [0.4, 0.5) is 8.78 Å². The van der Waals surface area contributed by atoms with Gasteiger partial charge in [-0.25, -0.2) is 9.97 Å². The number of hydrogen-bond donors (Lipinski definition) is 0. The predicted octanol–water partition coefficient (Wildman–Crippen LogP) is 4.09. The number of methoxy groups -OCH3 is 1. The molecular formula is C19H14F2N4O2.